The van der Waals surface area contributed by atoms with Crippen LogP contribution in [0.1, 0.15) is 19.5 Å². The molecule has 0 aliphatic carbocycles. The van der Waals surface area contributed by atoms with Gasteiger partial charge in [0.05, 0.1) is 22.6 Å². The third-order valence-corrected chi connectivity index (χ3v) is 3.55. The Labute approximate surface area is 142 Å². The number of carbonyl (C=O) groups is 1. The third-order valence-electron chi connectivity index (χ3n) is 3.55. The van der Waals surface area contributed by atoms with Gasteiger partial charge in [0.25, 0.3) is 0 Å². The Morgan fingerprint density at radius 2 is 2.00 bits per heavy atom. The van der Waals surface area contributed by atoms with E-state index in [1.807, 2.05) is 13.8 Å². The summed E-state index contributed by atoms with van der Waals surface area (Å²) in [5.74, 6) is -1.45. The average Bonchev–Trinajstić information content (AvgIpc) is 3.12. The third kappa shape index (κ3) is 3.28. The van der Waals surface area contributed by atoms with Crippen LogP contribution in [0, 0.1) is 18.6 Å². The lowest BCUT2D eigenvalue weighted by Gasteiger charge is -2.10. The largest absolute Gasteiger partial charge is 0.364 e. The van der Waals surface area contributed by atoms with Gasteiger partial charge in [-0.3, -0.25) is 0 Å². The first-order valence-electron chi connectivity index (χ1n) is 7.64. The van der Waals surface area contributed by atoms with Crippen molar-refractivity contribution in [3.63, 3.8) is 0 Å². The molecule has 8 heteroatoms. The van der Waals surface area contributed by atoms with E-state index in [0.29, 0.717) is 17.0 Å². The lowest BCUT2D eigenvalue weighted by atomic mass is 10.1. The van der Waals surface area contributed by atoms with Gasteiger partial charge in [-0.15, -0.1) is 0 Å². The van der Waals surface area contributed by atoms with Crippen molar-refractivity contribution in [3.8, 4) is 22.5 Å². The molecular formula is C17H16F2N4O2. The number of aryl methyl sites for hydroxylation is 1. The van der Waals surface area contributed by atoms with Gasteiger partial charge in [0.2, 0.25) is 0 Å². The molecule has 0 saturated carbocycles. The summed E-state index contributed by atoms with van der Waals surface area (Å²) in [6.45, 7) is 5.34. The van der Waals surface area contributed by atoms with E-state index in [1.54, 1.807) is 6.92 Å². The minimum atomic E-state index is -0.762. The summed E-state index contributed by atoms with van der Waals surface area (Å²) < 4.78 is 33.3. The summed E-state index contributed by atoms with van der Waals surface area (Å²) in [5, 5.41) is 10.7. The van der Waals surface area contributed by atoms with Crippen molar-refractivity contribution in [3.05, 3.63) is 47.9 Å². The Balaban J connectivity index is 2.14. The maximum atomic E-state index is 14.1. The van der Waals surface area contributed by atoms with Crippen LogP contribution in [-0.2, 0) is 0 Å². The number of halogens is 2. The SMILES string of the molecule is Cc1nocc1-c1cc(-c2ccc(F)cc2F)nn1C(=O)NC(C)C. The van der Waals surface area contributed by atoms with Crippen LogP contribution < -0.4 is 5.32 Å². The maximum absolute atomic E-state index is 14.1. The van der Waals surface area contributed by atoms with E-state index in [4.69, 9.17) is 4.52 Å². The van der Waals surface area contributed by atoms with Crippen LogP contribution in [-0.4, -0.2) is 27.0 Å². The average molecular weight is 346 g/mol. The summed E-state index contributed by atoms with van der Waals surface area (Å²) >= 11 is 0. The predicted molar refractivity (Wildman–Crippen MR) is 86.9 cm³/mol. The molecule has 6 nitrogen and oxygen atoms in total. The molecule has 2 heterocycles. The molecule has 0 unspecified atom stereocenters. The molecule has 1 aromatic carbocycles. The van der Waals surface area contributed by atoms with Crippen LogP contribution in [0.4, 0.5) is 13.6 Å². The van der Waals surface area contributed by atoms with E-state index in [0.717, 1.165) is 16.8 Å². The van der Waals surface area contributed by atoms with Crippen LogP contribution in [0.25, 0.3) is 22.5 Å². The predicted octanol–water partition coefficient (Wildman–Crippen LogP) is 3.76. The van der Waals surface area contributed by atoms with E-state index in [9.17, 15) is 13.6 Å². The van der Waals surface area contributed by atoms with Gasteiger partial charge in [0.15, 0.2) is 0 Å². The van der Waals surface area contributed by atoms with Gasteiger partial charge < -0.3 is 9.84 Å². The van der Waals surface area contributed by atoms with Crippen molar-refractivity contribution in [1.29, 1.82) is 0 Å². The van der Waals surface area contributed by atoms with Crippen LogP contribution in [0.15, 0.2) is 35.1 Å². The highest BCUT2D eigenvalue weighted by molar-refractivity contribution is 5.84. The fourth-order valence-electron chi connectivity index (χ4n) is 2.40. The monoisotopic (exact) mass is 346 g/mol. The molecule has 0 aliphatic heterocycles. The zero-order valence-electron chi connectivity index (χ0n) is 13.9. The van der Waals surface area contributed by atoms with Gasteiger partial charge in [0, 0.05) is 17.7 Å². The van der Waals surface area contributed by atoms with Crippen molar-refractivity contribution in [2.24, 2.45) is 0 Å². The second kappa shape index (κ2) is 6.46. The fourth-order valence-corrected chi connectivity index (χ4v) is 2.40. The molecule has 1 N–H and O–H groups in total. The van der Waals surface area contributed by atoms with Crippen LogP contribution in [0.5, 0.6) is 0 Å². The van der Waals surface area contributed by atoms with Crippen molar-refractivity contribution >= 4 is 6.03 Å². The molecule has 0 bridgehead atoms. The minimum Gasteiger partial charge on any atom is -0.364 e. The molecule has 25 heavy (non-hydrogen) atoms. The summed E-state index contributed by atoms with van der Waals surface area (Å²) in [5.41, 5.74) is 1.81. The standard InChI is InChI=1S/C17H16F2N4O2/c1-9(2)20-17(24)23-16(13-8-25-22-10(13)3)7-15(21-23)12-5-4-11(18)6-14(12)19/h4-9H,1-3H3,(H,20,24). The summed E-state index contributed by atoms with van der Waals surface area (Å²) in [6.07, 6.45) is 1.39. The summed E-state index contributed by atoms with van der Waals surface area (Å²) in [6, 6.07) is 4.14. The molecule has 0 radical (unpaired) electrons. The normalized spacial score (nSPS) is 11.1. The summed E-state index contributed by atoms with van der Waals surface area (Å²) in [7, 11) is 0. The van der Waals surface area contributed by atoms with Gasteiger partial charge in [-0.1, -0.05) is 5.16 Å². The molecule has 2 aromatic heterocycles. The molecule has 0 atom stereocenters. The van der Waals surface area contributed by atoms with Gasteiger partial charge in [-0.05, 0) is 39.0 Å². The second-order valence-electron chi connectivity index (χ2n) is 5.87. The number of amides is 1. The Kier molecular flexibility index (Phi) is 4.35. The minimum absolute atomic E-state index is 0.0906. The van der Waals surface area contributed by atoms with Crippen LogP contribution >= 0.6 is 0 Å². The van der Waals surface area contributed by atoms with E-state index in [-0.39, 0.29) is 17.3 Å². The van der Waals surface area contributed by atoms with E-state index in [1.165, 1.54) is 18.4 Å². The Hall–Kier alpha value is -3.03. The fraction of sp³-hybridized carbons (Fsp3) is 0.235. The molecular weight excluding hydrogens is 330 g/mol. The van der Waals surface area contributed by atoms with Gasteiger partial charge in [-0.2, -0.15) is 9.78 Å². The first kappa shape index (κ1) is 16.8. The first-order valence-corrected chi connectivity index (χ1v) is 7.64. The summed E-state index contributed by atoms with van der Waals surface area (Å²) in [4.78, 5) is 12.5. The maximum Gasteiger partial charge on any atom is 0.342 e. The van der Waals surface area contributed by atoms with Crippen LogP contribution in [0.2, 0.25) is 0 Å². The topological polar surface area (TPSA) is 73.0 Å². The smallest absolute Gasteiger partial charge is 0.342 e. The quantitative estimate of drug-likeness (QED) is 0.784. The number of hydrogen-bond donors (Lipinski definition) is 1. The van der Waals surface area contributed by atoms with Crippen molar-refractivity contribution in [1.82, 2.24) is 20.3 Å². The Bertz CT molecular complexity index is 931. The highest BCUT2D eigenvalue weighted by Crippen LogP contribution is 2.29. The van der Waals surface area contributed by atoms with E-state index >= 15 is 0 Å². The Morgan fingerprint density at radius 1 is 1.24 bits per heavy atom. The molecule has 1 amide bonds. The van der Waals surface area contributed by atoms with Crippen molar-refractivity contribution in [2.75, 3.05) is 0 Å². The first-order chi connectivity index (χ1) is 11.9. The highest BCUT2D eigenvalue weighted by atomic mass is 19.1. The van der Waals surface area contributed by atoms with Gasteiger partial charge in [0.1, 0.15) is 17.9 Å². The number of nitrogens with one attached hydrogen (secondary N) is 1. The van der Waals surface area contributed by atoms with Crippen molar-refractivity contribution < 1.29 is 18.1 Å². The molecule has 0 fully saturated rings. The zero-order valence-corrected chi connectivity index (χ0v) is 13.9. The number of rotatable bonds is 3. The number of aromatic nitrogens is 3. The molecule has 3 aromatic rings. The van der Waals surface area contributed by atoms with Gasteiger partial charge in [-0.25, -0.2) is 13.6 Å². The van der Waals surface area contributed by atoms with Crippen molar-refractivity contribution in [2.45, 2.75) is 26.8 Å². The molecule has 3 rings (SSSR count). The lowest BCUT2D eigenvalue weighted by Crippen LogP contribution is -2.35. The van der Waals surface area contributed by atoms with E-state index in [2.05, 4.69) is 15.6 Å². The van der Waals surface area contributed by atoms with E-state index < -0.39 is 17.7 Å². The molecule has 0 saturated heterocycles. The zero-order chi connectivity index (χ0) is 18.1. The molecule has 0 spiro atoms. The second-order valence-corrected chi connectivity index (χ2v) is 5.87. The lowest BCUT2D eigenvalue weighted by molar-refractivity contribution is 0.237. The molecule has 0 aliphatic rings. The van der Waals surface area contributed by atoms with Crippen LogP contribution in [0.3, 0.4) is 0 Å². The number of hydrogen-bond acceptors (Lipinski definition) is 4. The number of carbonyl (C=O) groups excluding carboxylic acids is 1. The number of benzene rings is 1. The molecule has 130 valence electrons. The highest BCUT2D eigenvalue weighted by Gasteiger charge is 2.21. The Morgan fingerprint density at radius 3 is 2.60 bits per heavy atom. The number of nitrogens with zero attached hydrogens (tertiary/aromatic N) is 3. The van der Waals surface area contributed by atoms with Gasteiger partial charge >= 0.3 is 6.03 Å².